The van der Waals surface area contributed by atoms with E-state index in [1.807, 2.05) is 23.2 Å². The molecule has 6 nitrogen and oxygen atoms in total. The van der Waals surface area contributed by atoms with Gasteiger partial charge in [-0.2, -0.15) is 0 Å². The van der Waals surface area contributed by atoms with Crippen LogP contribution in [-0.4, -0.2) is 73.2 Å². The molecule has 2 amide bonds. The molecule has 0 bridgehead atoms. The summed E-state index contributed by atoms with van der Waals surface area (Å²) in [6.45, 7) is 6.05. The second kappa shape index (κ2) is 9.13. The number of nitrogens with one attached hydrogen (secondary N) is 1. The molecule has 3 aliphatic heterocycles. The minimum atomic E-state index is 0.137. The van der Waals surface area contributed by atoms with Crippen molar-refractivity contribution in [2.45, 2.75) is 38.1 Å². The van der Waals surface area contributed by atoms with Crippen molar-refractivity contribution in [3.63, 3.8) is 0 Å². The third kappa shape index (κ3) is 4.41. The van der Waals surface area contributed by atoms with Crippen LogP contribution in [0.3, 0.4) is 0 Å². The van der Waals surface area contributed by atoms with Crippen LogP contribution in [0, 0.1) is 11.8 Å². The van der Waals surface area contributed by atoms with E-state index in [4.69, 9.17) is 4.98 Å². The fourth-order valence-electron chi connectivity index (χ4n) is 5.77. The number of nitrogens with zero attached hydrogens (tertiary/aromatic N) is 4. The number of hydrogen-bond donors (Lipinski definition) is 1. The number of piperidine rings is 2. The molecule has 0 spiro atoms. The zero-order valence-corrected chi connectivity index (χ0v) is 18.7. The summed E-state index contributed by atoms with van der Waals surface area (Å²) in [7, 11) is 2.23. The molecule has 0 saturated carbocycles. The number of carbonyl (C=O) groups excluding carboxylic acids is 1. The highest BCUT2D eigenvalue weighted by Crippen LogP contribution is 2.32. The summed E-state index contributed by atoms with van der Waals surface area (Å²) >= 11 is 0. The Labute approximate surface area is 185 Å². The number of benzene rings is 1. The van der Waals surface area contributed by atoms with Gasteiger partial charge in [-0.25, -0.2) is 9.78 Å². The van der Waals surface area contributed by atoms with Crippen molar-refractivity contribution in [2.24, 2.45) is 11.8 Å². The Morgan fingerprint density at radius 3 is 2.55 bits per heavy atom. The molecule has 1 aromatic heterocycles. The van der Waals surface area contributed by atoms with Crippen LogP contribution >= 0.6 is 0 Å². The van der Waals surface area contributed by atoms with Crippen molar-refractivity contribution >= 4 is 22.6 Å². The Morgan fingerprint density at radius 2 is 1.84 bits per heavy atom. The topological polar surface area (TPSA) is 51.7 Å². The van der Waals surface area contributed by atoms with Gasteiger partial charge in [0.1, 0.15) is 5.82 Å². The van der Waals surface area contributed by atoms with Gasteiger partial charge in [-0.3, -0.25) is 4.90 Å². The number of pyridine rings is 1. The Hall–Kier alpha value is -2.18. The average Bonchev–Trinajstić information content (AvgIpc) is 3.26. The molecule has 0 unspecified atom stereocenters. The lowest BCUT2D eigenvalue weighted by atomic mass is 9.84. The normalized spacial score (nSPS) is 25.8. The predicted octanol–water partition coefficient (Wildman–Crippen LogP) is 3.58. The zero-order chi connectivity index (χ0) is 21.2. The van der Waals surface area contributed by atoms with E-state index in [0.29, 0.717) is 0 Å². The molecule has 2 atom stereocenters. The summed E-state index contributed by atoms with van der Waals surface area (Å²) in [5.41, 5.74) is 0. The summed E-state index contributed by atoms with van der Waals surface area (Å²) in [6, 6.07) is 10.6. The number of fused-ring (bicyclic) bond motifs is 1. The molecule has 3 aliphatic rings. The van der Waals surface area contributed by atoms with Crippen molar-refractivity contribution in [2.75, 3.05) is 51.2 Å². The molecule has 1 N–H and O–H groups in total. The summed E-state index contributed by atoms with van der Waals surface area (Å²) < 4.78 is 0. The highest BCUT2D eigenvalue weighted by Gasteiger charge is 2.35. The second-order valence-electron chi connectivity index (χ2n) is 9.68. The molecule has 0 aliphatic carbocycles. The van der Waals surface area contributed by atoms with Crippen molar-refractivity contribution < 1.29 is 4.79 Å². The molecule has 6 heteroatoms. The number of rotatable bonds is 3. The first kappa shape index (κ1) is 20.7. The van der Waals surface area contributed by atoms with E-state index in [0.717, 1.165) is 80.3 Å². The maximum atomic E-state index is 13.8. The molecular weight excluding hydrogens is 386 g/mol. The SMILES string of the molecule is CN1CC[C@@H](C2CCN(C(=O)N(c3cc4ccccc4cn3)[C@@H]3CCCNC3)CC2)C1. The number of anilines is 1. The zero-order valence-electron chi connectivity index (χ0n) is 18.7. The molecule has 1 aromatic carbocycles. The van der Waals surface area contributed by atoms with Crippen molar-refractivity contribution in [3.05, 3.63) is 36.5 Å². The van der Waals surface area contributed by atoms with Gasteiger partial charge in [-0.05, 0) is 75.5 Å². The van der Waals surface area contributed by atoms with Crippen LogP contribution < -0.4 is 10.2 Å². The van der Waals surface area contributed by atoms with E-state index in [1.54, 1.807) is 0 Å². The Balaban J connectivity index is 1.34. The third-order valence-electron chi connectivity index (χ3n) is 7.61. The molecule has 3 fully saturated rings. The number of amides is 2. The van der Waals surface area contributed by atoms with Crippen LogP contribution in [0.15, 0.2) is 36.5 Å². The Kier molecular flexibility index (Phi) is 6.10. The smallest absolute Gasteiger partial charge is 0.324 e. The minimum Gasteiger partial charge on any atom is -0.324 e. The van der Waals surface area contributed by atoms with Gasteiger partial charge in [0.2, 0.25) is 0 Å². The first-order valence-electron chi connectivity index (χ1n) is 12.0. The number of aromatic nitrogens is 1. The van der Waals surface area contributed by atoms with Gasteiger partial charge in [0.05, 0.1) is 6.04 Å². The quantitative estimate of drug-likeness (QED) is 0.823. The maximum absolute atomic E-state index is 13.8. The van der Waals surface area contributed by atoms with Crippen molar-refractivity contribution in [1.82, 2.24) is 20.1 Å². The molecule has 5 rings (SSSR count). The number of likely N-dealkylation sites (tertiary alicyclic amines) is 2. The van der Waals surface area contributed by atoms with E-state index < -0.39 is 0 Å². The first-order chi connectivity index (χ1) is 15.2. The molecule has 2 aromatic rings. The molecule has 31 heavy (non-hydrogen) atoms. The summed E-state index contributed by atoms with van der Waals surface area (Å²) in [6.07, 6.45) is 7.61. The van der Waals surface area contributed by atoms with Gasteiger partial charge in [-0.1, -0.05) is 24.3 Å². The van der Waals surface area contributed by atoms with Crippen molar-refractivity contribution in [1.29, 1.82) is 0 Å². The average molecular weight is 422 g/mol. The lowest BCUT2D eigenvalue weighted by Crippen LogP contribution is -2.55. The number of carbonyl (C=O) groups is 1. The van der Waals surface area contributed by atoms with Crippen LogP contribution in [0.5, 0.6) is 0 Å². The van der Waals surface area contributed by atoms with Crippen LogP contribution in [0.1, 0.15) is 32.1 Å². The van der Waals surface area contributed by atoms with E-state index in [1.165, 1.54) is 19.5 Å². The maximum Gasteiger partial charge on any atom is 0.325 e. The minimum absolute atomic E-state index is 0.137. The van der Waals surface area contributed by atoms with Crippen LogP contribution in [0.2, 0.25) is 0 Å². The van der Waals surface area contributed by atoms with Gasteiger partial charge in [0, 0.05) is 37.8 Å². The second-order valence-corrected chi connectivity index (χ2v) is 9.68. The van der Waals surface area contributed by atoms with E-state index in [-0.39, 0.29) is 12.1 Å². The van der Waals surface area contributed by atoms with Gasteiger partial charge < -0.3 is 15.1 Å². The summed E-state index contributed by atoms with van der Waals surface area (Å²) in [5, 5.41) is 5.73. The third-order valence-corrected chi connectivity index (χ3v) is 7.61. The summed E-state index contributed by atoms with van der Waals surface area (Å²) in [5.74, 6) is 2.36. The van der Waals surface area contributed by atoms with E-state index in [9.17, 15) is 4.79 Å². The van der Waals surface area contributed by atoms with E-state index in [2.05, 4.69) is 40.4 Å². The van der Waals surface area contributed by atoms with Crippen molar-refractivity contribution in [3.8, 4) is 0 Å². The van der Waals surface area contributed by atoms with Gasteiger partial charge >= 0.3 is 6.03 Å². The lowest BCUT2D eigenvalue weighted by Gasteiger charge is -2.40. The Bertz CT molecular complexity index is 904. The highest BCUT2D eigenvalue weighted by molar-refractivity contribution is 5.94. The summed E-state index contributed by atoms with van der Waals surface area (Å²) in [4.78, 5) is 25.0. The van der Waals surface area contributed by atoms with Gasteiger partial charge in [0.25, 0.3) is 0 Å². The Morgan fingerprint density at radius 1 is 1.06 bits per heavy atom. The van der Waals surface area contributed by atoms with E-state index >= 15 is 0 Å². The van der Waals surface area contributed by atoms with Crippen LogP contribution in [0.25, 0.3) is 10.8 Å². The first-order valence-corrected chi connectivity index (χ1v) is 12.0. The number of hydrogen-bond acceptors (Lipinski definition) is 4. The van der Waals surface area contributed by atoms with Crippen LogP contribution in [-0.2, 0) is 0 Å². The molecular formula is C25H35N5O. The standard InChI is InChI=1S/C25H35N5O/c1-28-12-8-22(18-28)19-9-13-29(14-10-19)25(31)30(23-7-4-11-26-17-23)24-15-20-5-2-3-6-21(20)16-27-24/h2-3,5-6,15-16,19,22-23,26H,4,7-14,17-18H2,1H3/t22-,23-/m1/s1. The predicted molar refractivity (Wildman–Crippen MR) is 125 cm³/mol. The van der Waals surface area contributed by atoms with Crippen LogP contribution in [0.4, 0.5) is 10.6 Å². The fraction of sp³-hybridized carbons (Fsp3) is 0.600. The lowest BCUT2D eigenvalue weighted by molar-refractivity contribution is 0.153. The monoisotopic (exact) mass is 421 g/mol. The largest absolute Gasteiger partial charge is 0.325 e. The molecule has 166 valence electrons. The molecule has 3 saturated heterocycles. The number of urea groups is 1. The molecule has 0 radical (unpaired) electrons. The highest BCUT2D eigenvalue weighted by atomic mass is 16.2. The van der Waals surface area contributed by atoms with Gasteiger partial charge in [-0.15, -0.1) is 0 Å². The fourth-order valence-corrected chi connectivity index (χ4v) is 5.77. The van der Waals surface area contributed by atoms with Gasteiger partial charge in [0.15, 0.2) is 0 Å². The molecule has 4 heterocycles.